The molecule has 176 valence electrons. The molecule has 10 nitrogen and oxygen atoms in total. The fourth-order valence-corrected chi connectivity index (χ4v) is 5.51. The van der Waals surface area contributed by atoms with Gasteiger partial charge in [-0.2, -0.15) is 0 Å². The van der Waals surface area contributed by atoms with Crippen LogP contribution in [0.1, 0.15) is 25.8 Å². The molecule has 1 aromatic carbocycles. The van der Waals surface area contributed by atoms with E-state index in [1.54, 1.807) is 0 Å². The van der Waals surface area contributed by atoms with Gasteiger partial charge < -0.3 is 9.64 Å². The van der Waals surface area contributed by atoms with Gasteiger partial charge in [0.25, 0.3) is 11.6 Å². The zero-order valence-corrected chi connectivity index (χ0v) is 20.0. The number of nitrogens with zero attached hydrogens (tertiary/aromatic N) is 3. The number of thioether (sulfide) groups is 2. The fourth-order valence-electron chi connectivity index (χ4n) is 3.38. The first-order chi connectivity index (χ1) is 15.2. The second-order valence-corrected chi connectivity index (χ2v) is 9.96. The Hall–Kier alpha value is -2.31. The predicted octanol–water partition coefficient (Wildman–Crippen LogP) is 3.10. The van der Waals surface area contributed by atoms with Crippen molar-refractivity contribution in [2.75, 3.05) is 26.5 Å². The summed E-state index contributed by atoms with van der Waals surface area (Å²) in [5, 5.41) is 11.1. The molecule has 0 saturated carbocycles. The van der Waals surface area contributed by atoms with Crippen molar-refractivity contribution in [3.05, 3.63) is 39.9 Å². The van der Waals surface area contributed by atoms with Crippen LogP contribution >= 0.6 is 23.5 Å². The van der Waals surface area contributed by atoms with Gasteiger partial charge in [-0.3, -0.25) is 24.5 Å². The van der Waals surface area contributed by atoms with Crippen molar-refractivity contribution >= 4 is 46.3 Å². The summed E-state index contributed by atoms with van der Waals surface area (Å²) >= 11 is 2.56. The smallest absolute Gasteiger partial charge is 0.410 e. The van der Waals surface area contributed by atoms with Crippen LogP contribution in [0.25, 0.3) is 0 Å². The summed E-state index contributed by atoms with van der Waals surface area (Å²) < 4.78 is 5.45. The Labute approximate surface area is 195 Å². The number of hydrogen-bond donors (Lipinski definition) is 0. The summed E-state index contributed by atoms with van der Waals surface area (Å²) in [6.07, 6.45) is -0.132. The first-order valence-electron chi connectivity index (χ1n) is 9.95. The minimum atomic E-state index is -0.602. The van der Waals surface area contributed by atoms with Gasteiger partial charge in [0.1, 0.15) is 11.9 Å². The summed E-state index contributed by atoms with van der Waals surface area (Å²) in [5.41, 5.74) is 0.549. The normalized spacial score (nSPS) is 18.8. The molecule has 32 heavy (non-hydrogen) atoms. The van der Waals surface area contributed by atoms with Gasteiger partial charge in [0.2, 0.25) is 0 Å². The van der Waals surface area contributed by atoms with E-state index in [1.807, 2.05) is 6.92 Å². The average molecular weight is 486 g/mol. The van der Waals surface area contributed by atoms with E-state index in [0.717, 1.165) is 16.8 Å². The molecule has 0 radical (unpaired) electrons. The quantitative estimate of drug-likeness (QED) is 0.384. The monoisotopic (exact) mass is 485 g/mol. The number of hydroxylamine groups is 2. The fraction of sp³-hybridized carbons (Fsp3) is 0.550. The molecule has 0 aromatic heterocycles. The zero-order valence-electron chi connectivity index (χ0n) is 18.4. The second-order valence-electron chi connectivity index (χ2n) is 7.06. The summed E-state index contributed by atoms with van der Waals surface area (Å²) in [6.45, 7) is 3.60. The molecule has 1 aliphatic rings. The van der Waals surface area contributed by atoms with E-state index in [1.165, 1.54) is 62.0 Å². The summed E-state index contributed by atoms with van der Waals surface area (Å²) in [4.78, 5) is 54.3. The van der Waals surface area contributed by atoms with Crippen molar-refractivity contribution in [2.45, 2.75) is 43.4 Å². The Kier molecular flexibility index (Phi) is 9.79. The first-order valence-corrected chi connectivity index (χ1v) is 11.9. The van der Waals surface area contributed by atoms with E-state index in [9.17, 15) is 24.5 Å². The minimum absolute atomic E-state index is 0.0519. The lowest BCUT2D eigenvalue weighted by atomic mass is 10.1. The summed E-state index contributed by atoms with van der Waals surface area (Å²) in [5.74, 6) is 0.381. The third-order valence-electron chi connectivity index (χ3n) is 4.90. The number of nitro groups is 1. The molecule has 1 aliphatic heterocycles. The van der Waals surface area contributed by atoms with Crippen LogP contribution in [0.5, 0.6) is 0 Å². The molecule has 12 heteroatoms. The predicted molar refractivity (Wildman–Crippen MR) is 122 cm³/mol. The maximum Gasteiger partial charge on any atom is 0.410 e. The van der Waals surface area contributed by atoms with Gasteiger partial charge in [-0.15, -0.1) is 11.8 Å². The van der Waals surface area contributed by atoms with Crippen molar-refractivity contribution in [2.24, 2.45) is 0 Å². The number of likely N-dealkylation sites (tertiary alicyclic amines) is 1. The Morgan fingerprint density at radius 1 is 1.31 bits per heavy atom. The van der Waals surface area contributed by atoms with Crippen molar-refractivity contribution in [1.29, 1.82) is 0 Å². The zero-order chi connectivity index (χ0) is 23.8. The summed E-state index contributed by atoms with van der Waals surface area (Å²) in [7, 11) is 2.91. The molecule has 1 fully saturated rings. The average Bonchev–Trinajstić information content (AvgIpc) is 3.17. The minimum Gasteiger partial charge on any atom is -0.445 e. The third-order valence-corrected chi connectivity index (χ3v) is 7.12. The topological polar surface area (TPSA) is 119 Å². The van der Waals surface area contributed by atoms with Crippen LogP contribution in [0.4, 0.5) is 10.5 Å². The van der Waals surface area contributed by atoms with Crippen LogP contribution < -0.4 is 0 Å². The number of ether oxygens (including phenoxy) is 1. The molecule has 0 spiro atoms. The lowest BCUT2D eigenvalue weighted by Crippen LogP contribution is -2.48. The largest absolute Gasteiger partial charge is 0.445 e. The van der Waals surface area contributed by atoms with Crippen LogP contribution in [0.2, 0.25) is 0 Å². The summed E-state index contributed by atoms with van der Waals surface area (Å²) in [6, 6.07) is 5.26. The van der Waals surface area contributed by atoms with Crippen LogP contribution in [0.3, 0.4) is 0 Å². The number of benzene rings is 1. The molecule has 3 atom stereocenters. The van der Waals surface area contributed by atoms with Crippen LogP contribution in [0.15, 0.2) is 24.3 Å². The van der Waals surface area contributed by atoms with E-state index in [0.29, 0.717) is 17.7 Å². The first kappa shape index (κ1) is 25.9. The highest BCUT2D eigenvalue weighted by molar-refractivity contribution is 8.14. The van der Waals surface area contributed by atoms with E-state index < -0.39 is 22.3 Å². The second kappa shape index (κ2) is 12.1. The molecular weight excluding hydrogens is 458 g/mol. The van der Waals surface area contributed by atoms with Crippen LogP contribution in [0, 0.1) is 10.1 Å². The highest BCUT2D eigenvalue weighted by Gasteiger charge is 2.44. The van der Waals surface area contributed by atoms with Gasteiger partial charge >= 0.3 is 6.09 Å². The lowest BCUT2D eigenvalue weighted by Gasteiger charge is -2.31. The molecule has 0 N–H and O–H groups in total. The van der Waals surface area contributed by atoms with Gasteiger partial charge in [-0.25, -0.2) is 9.86 Å². The van der Waals surface area contributed by atoms with E-state index in [4.69, 9.17) is 9.57 Å². The van der Waals surface area contributed by atoms with Gasteiger partial charge in [0, 0.05) is 37.9 Å². The molecule has 1 aromatic rings. The third kappa shape index (κ3) is 6.84. The van der Waals surface area contributed by atoms with E-state index in [2.05, 4.69) is 0 Å². The Morgan fingerprint density at radius 2 is 1.97 bits per heavy atom. The molecule has 2 rings (SSSR count). The molecule has 0 bridgehead atoms. The van der Waals surface area contributed by atoms with Crippen LogP contribution in [-0.2, 0) is 25.8 Å². The molecule has 1 heterocycles. The van der Waals surface area contributed by atoms with E-state index >= 15 is 0 Å². The van der Waals surface area contributed by atoms with Crippen LogP contribution in [-0.4, -0.2) is 75.0 Å². The van der Waals surface area contributed by atoms with Crippen molar-refractivity contribution in [3.8, 4) is 0 Å². The molecule has 0 aliphatic carbocycles. The molecule has 2 amide bonds. The highest BCUT2D eigenvalue weighted by atomic mass is 32.2. The molecular formula is C20H27N3O7S2. The van der Waals surface area contributed by atoms with Gasteiger partial charge in [0.15, 0.2) is 5.12 Å². The van der Waals surface area contributed by atoms with Crippen molar-refractivity contribution in [3.63, 3.8) is 0 Å². The van der Waals surface area contributed by atoms with Gasteiger partial charge in [0.05, 0.1) is 18.1 Å². The Balaban J connectivity index is 2.17. The number of non-ortho nitro benzene ring substituents is 1. The highest BCUT2D eigenvalue weighted by Crippen LogP contribution is 2.35. The van der Waals surface area contributed by atoms with Gasteiger partial charge in [-0.1, -0.05) is 18.7 Å². The van der Waals surface area contributed by atoms with Crippen molar-refractivity contribution < 1.29 is 28.9 Å². The number of amides is 2. The maximum absolute atomic E-state index is 12.9. The van der Waals surface area contributed by atoms with Crippen molar-refractivity contribution in [1.82, 2.24) is 9.96 Å². The number of rotatable bonds is 9. The number of carbonyl (C=O) groups excluding carboxylic acids is 3. The Bertz CT molecular complexity index is 837. The van der Waals surface area contributed by atoms with Gasteiger partial charge in [-0.05, 0) is 29.9 Å². The Morgan fingerprint density at radius 3 is 2.50 bits per heavy atom. The number of nitro benzene ring substituents is 1. The standard InChI is InChI=1S/C20H27N3O7S2/c1-5-31-18(19(25)21(3)29-4)17-10-16(32-13(2)24)11-22(17)20(26)30-12-14-6-8-15(9-7-14)23(27)28/h6-9,16-18H,5,10-12H2,1-4H3/t16-,17+,18?/m1/s1. The molecule has 1 unspecified atom stereocenters. The SMILES string of the molecule is CCSC(C(=O)N(C)OC)[C@@H]1C[C@@H](SC(C)=O)CN1C(=O)OCc1ccc([N+](=O)[O-])cc1. The molecule has 1 saturated heterocycles. The maximum atomic E-state index is 12.9. The lowest BCUT2D eigenvalue weighted by molar-refractivity contribution is -0.384. The number of hydrogen-bond acceptors (Lipinski definition) is 9. The van der Waals surface area contributed by atoms with E-state index in [-0.39, 0.29) is 35.1 Å². The number of carbonyl (C=O) groups is 3.